The Labute approximate surface area is 86.7 Å². The third kappa shape index (κ3) is 3.70. The summed E-state index contributed by atoms with van der Waals surface area (Å²) in [5, 5.41) is 6.03. The van der Waals surface area contributed by atoms with Gasteiger partial charge in [0.05, 0.1) is 6.33 Å². The molecule has 0 atom stereocenters. The van der Waals surface area contributed by atoms with Crippen LogP contribution in [0.1, 0.15) is 16.9 Å². The number of imidazole rings is 1. The van der Waals surface area contributed by atoms with Crippen molar-refractivity contribution >= 4 is 5.91 Å². The largest absolute Gasteiger partial charge is 0.351 e. The Kier molecular flexibility index (Phi) is 4.18. The molecule has 0 unspecified atom stereocenters. The summed E-state index contributed by atoms with van der Waals surface area (Å²) in [7, 11) is 1.80. The molecule has 0 radical (unpaired) electrons. The average molecular weight is 208 g/mol. The van der Waals surface area contributed by atoms with E-state index in [1.807, 2.05) is 0 Å². The summed E-state index contributed by atoms with van der Waals surface area (Å²) < 4.78 is 1.70. The third-order valence-corrected chi connectivity index (χ3v) is 1.72. The molecule has 0 aliphatic carbocycles. The Hall–Kier alpha value is -2.01. The van der Waals surface area contributed by atoms with E-state index in [-0.39, 0.29) is 5.91 Å². The molecule has 0 saturated heterocycles. The Bertz CT molecular complexity index is 378. The van der Waals surface area contributed by atoms with Crippen LogP contribution in [0.5, 0.6) is 0 Å². The normalized spacial score (nSPS) is 9.40. The fourth-order valence-electron chi connectivity index (χ4n) is 1.02. The first-order valence-corrected chi connectivity index (χ1v) is 4.51. The van der Waals surface area contributed by atoms with Gasteiger partial charge in [-0.05, 0) is 12.0 Å². The number of carbonyl (C=O) groups is 1. The first kappa shape index (κ1) is 11.1. The molecule has 7 nitrogen and oxygen atoms in total. The van der Waals surface area contributed by atoms with Gasteiger partial charge in [-0.2, -0.15) is 0 Å². The SMILES string of the molecule is Cn1cnc(C(=O)NCCCN=[N+]=[N-])c1. The minimum Gasteiger partial charge on any atom is -0.351 e. The molecule has 0 aliphatic heterocycles. The maximum absolute atomic E-state index is 11.4. The van der Waals surface area contributed by atoms with Crippen molar-refractivity contribution in [3.8, 4) is 0 Å². The number of nitrogens with zero attached hydrogens (tertiary/aromatic N) is 5. The van der Waals surface area contributed by atoms with Gasteiger partial charge in [0.1, 0.15) is 5.69 Å². The minimum atomic E-state index is -0.212. The first-order valence-electron chi connectivity index (χ1n) is 4.51. The van der Waals surface area contributed by atoms with Crippen LogP contribution in [0.15, 0.2) is 17.6 Å². The predicted molar refractivity (Wildman–Crippen MR) is 54.2 cm³/mol. The Morgan fingerprint density at radius 2 is 2.60 bits per heavy atom. The van der Waals surface area contributed by atoms with Gasteiger partial charge in [0, 0.05) is 31.2 Å². The van der Waals surface area contributed by atoms with E-state index in [4.69, 9.17) is 5.53 Å². The van der Waals surface area contributed by atoms with Crippen molar-refractivity contribution in [2.24, 2.45) is 12.2 Å². The monoisotopic (exact) mass is 208 g/mol. The highest BCUT2D eigenvalue weighted by atomic mass is 16.1. The van der Waals surface area contributed by atoms with Crippen LogP contribution in [-0.4, -0.2) is 28.5 Å². The molecule has 0 spiro atoms. The molecule has 0 aromatic carbocycles. The molecule has 0 fully saturated rings. The maximum Gasteiger partial charge on any atom is 0.271 e. The smallest absolute Gasteiger partial charge is 0.271 e. The lowest BCUT2D eigenvalue weighted by Crippen LogP contribution is -2.25. The molecule has 1 aromatic heterocycles. The van der Waals surface area contributed by atoms with Crippen molar-refractivity contribution in [1.82, 2.24) is 14.9 Å². The molecule has 1 aromatic rings. The van der Waals surface area contributed by atoms with Crippen LogP contribution >= 0.6 is 0 Å². The second-order valence-corrected chi connectivity index (χ2v) is 2.99. The molecule has 80 valence electrons. The Balaban J connectivity index is 2.27. The topological polar surface area (TPSA) is 95.7 Å². The summed E-state index contributed by atoms with van der Waals surface area (Å²) in [4.78, 5) is 17.9. The van der Waals surface area contributed by atoms with Gasteiger partial charge in [0.15, 0.2) is 0 Å². The number of azide groups is 1. The summed E-state index contributed by atoms with van der Waals surface area (Å²) in [6, 6.07) is 0. The van der Waals surface area contributed by atoms with E-state index in [0.29, 0.717) is 25.2 Å². The van der Waals surface area contributed by atoms with Crippen LogP contribution in [0.2, 0.25) is 0 Å². The van der Waals surface area contributed by atoms with Crippen LogP contribution in [0.3, 0.4) is 0 Å². The molecule has 0 saturated carbocycles. The molecular weight excluding hydrogens is 196 g/mol. The number of rotatable bonds is 5. The Morgan fingerprint density at radius 3 is 3.20 bits per heavy atom. The summed E-state index contributed by atoms with van der Waals surface area (Å²) in [6.07, 6.45) is 3.83. The van der Waals surface area contributed by atoms with E-state index in [9.17, 15) is 4.79 Å². The van der Waals surface area contributed by atoms with E-state index >= 15 is 0 Å². The zero-order valence-electron chi connectivity index (χ0n) is 8.42. The number of hydrogen-bond donors (Lipinski definition) is 1. The second kappa shape index (κ2) is 5.66. The van der Waals surface area contributed by atoms with Gasteiger partial charge in [-0.1, -0.05) is 5.11 Å². The van der Waals surface area contributed by atoms with Gasteiger partial charge < -0.3 is 9.88 Å². The van der Waals surface area contributed by atoms with Crippen LogP contribution < -0.4 is 5.32 Å². The highest BCUT2D eigenvalue weighted by molar-refractivity contribution is 5.91. The van der Waals surface area contributed by atoms with Gasteiger partial charge in [-0.15, -0.1) is 0 Å². The highest BCUT2D eigenvalue weighted by Crippen LogP contribution is 1.93. The van der Waals surface area contributed by atoms with Crippen molar-refractivity contribution in [1.29, 1.82) is 0 Å². The van der Waals surface area contributed by atoms with E-state index in [2.05, 4.69) is 20.3 Å². The Morgan fingerprint density at radius 1 is 1.80 bits per heavy atom. The molecule has 15 heavy (non-hydrogen) atoms. The van der Waals surface area contributed by atoms with Crippen LogP contribution in [-0.2, 0) is 7.05 Å². The quantitative estimate of drug-likeness (QED) is 0.336. The van der Waals surface area contributed by atoms with E-state index in [0.717, 1.165) is 0 Å². The van der Waals surface area contributed by atoms with Crippen LogP contribution in [0.4, 0.5) is 0 Å². The van der Waals surface area contributed by atoms with Crippen molar-refractivity contribution in [3.05, 3.63) is 28.7 Å². The van der Waals surface area contributed by atoms with E-state index in [1.54, 1.807) is 24.1 Å². The zero-order valence-corrected chi connectivity index (χ0v) is 8.42. The molecule has 1 rings (SSSR count). The van der Waals surface area contributed by atoms with Gasteiger partial charge in [0.2, 0.25) is 0 Å². The summed E-state index contributed by atoms with van der Waals surface area (Å²) in [6.45, 7) is 0.868. The van der Waals surface area contributed by atoms with E-state index in [1.165, 1.54) is 0 Å². The summed E-state index contributed by atoms with van der Waals surface area (Å²) >= 11 is 0. The van der Waals surface area contributed by atoms with Crippen molar-refractivity contribution in [2.75, 3.05) is 13.1 Å². The lowest BCUT2D eigenvalue weighted by atomic mass is 10.4. The molecule has 1 heterocycles. The van der Waals surface area contributed by atoms with Crippen LogP contribution in [0, 0.1) is 0 Å². The summed E-state index contributed by atoms with van der Waals surface area (Å²) in [5.41, 5.74) is 8.40. The predicted octanol–water partition coefficient (Wildman–Crippen LogP) is 0.850. The molecule has 1 amide bonds. The fraction of sp³-hybridized carbons (Fsp3) is 0.500. The lowest BCUT2D eigenvalue weighted by Gasteiger charge is -2.00. The lowest BCUT2D eigenvalue weighted by molar-refractivity contribution is 0.0949. The van der Waals surface area contributed by atoms with Gasteiger partial charge in [0.25, 0.3) is 5.91 Å². The van der Waals surface area contributed by atoms with E-state index < -0.39 is 0 Å². The maximum atomic E-state index is 11.4. The number of carbonyl (C=O) groups excluding carboxylic acids is 1. The molecular formula is C8H12N6O. The number of amides is 1. The summed E-state index contributed by atoms with van der Waals surface area (Å²) in [5.74, 6) is -0.212. The first-order chi connectivity index (χ1) is 7.24. The number of nitrogens with one attached hydrogen (secondary N) is 1. The zero-order chi connectivity index (χ0) is 11.1. The van der Waals surface area contributed by atoms with Crippen molar-refractivity contribution in [2.45, 2.75) is 6.42 Å². The van der Waals surface area contributed by atoms with Gasteiger partial charge in [-0.3, -0.25) is 4.79 Å². The molecule has 7 heteroatoms. The van der Waals surface area contributed by atoms with Crippen LogP contribution in [0.25, 0.3) is 10.4 Å². The average Bonchev–Trinajstić information content (AvgIpc) is 2.64. The minimum absolute atomic E-state index is 0.212. The number of hydrogen-bond acceptors (Lipinski definition) is 3. The molecule has 0 bridgehead atoms. The molecule has 0 aliphatic rings. The highest BCUT2D eigenvalue weighted by Gasteiger charge is 2.06. The van der Waals surface area contributed by atoms with Gasteiger partial charge in [-0.25, -0.2) is 4.98 Å². The number of aryl methyl sites for hydroxylation is 1. The molecule has 1 N–H and O–H groups in total. The fourth-order valence-corrected chi connectivity index (χ4v) is 1.02. The third-order valence-electron chi connectivity index (χ3n) is 1.72. The number of aromatic nitrogens is 2. The second-order valence-electron chi connectivity index (χ2n) is 2.99. The van der Waals surface area contributed by atoms with Gasteiger partial charge >= 0.3 is 0 Å². The van der Waals surface area contributed by atoms with Crippen molar-refractivity contribution in [3.63, 3.8) is 0 Å². The standard InChI is InChI=1S/C8H12N6O/c1-14-5-7(11-6-14)8(15)10-3-2-4-12-13-9/h5-6H,2-4H2,1H3,(H,10,15). The van der Waals surface area contributed by atoms with Crippen molar-refractivity contribution < 1.29 is 4.79 Å².